The molecule has 1 aromatic rings. The van der Waals surface area contributed by atoms with Gasteiger partial charge in [-0.25, -0.2) is 4.39 Å². The zero-order chi connectivity index (χ0) is 8.97. The maximum absolute atomic E-state index is 13.1. The second kappa shape index (κ2) is 4.68. The molecule has 0 aliphatic carbocycles. The van der Waals surface area contributed by atoms with E-state index in [0.29, 0.717) is 22.9 Å². The van der Waals surface area contributed by atoms with Gasteiger partial charge in [-0.1, -0.05) is 23.7 Å². The summed E-state index contributed by atoms with van der Waals surface area (Å²) in [5.74, 6) is 0.337. The molecule has 0 radical (unpaired) electrons. The van der Waals surface area contributed by atoms with Crippen LogP contribution in [-0.2, 0) is 0 Å². The molecule has 1 atom stereocenters. The molecule has 1 unspecified atom stereocenters. The van der Waals surface area contributed by atoms with Crippen molar-refractivity contribution in [2.75, 3.05) is 5.88 Å². The van der Waals surface area contributed by atoms with Crippen LogP contribution in [0.2, 0.25) is 5.02 Å². The van der Waals surface area contributed by atoms with Crippen LogP contribution in [0.25, 0.3) is 0 Å². The number of alkyl halides is 2. The van der Waals surface area contributed by atoms with Crippen LogP contribution in [0.1, 0.15) is 18.2 Å². The van der Waals surface area contributed by atoms with E-state index in [2.05, 4.69) is 0 Å². The molecule has 0 nitrogen and oxygen atoms in total. The molecule has 0 spiro atoms. The molecule has 1 aromatic carbocycles. The highest BCUT2D eigenvalue weighted by atomic mass is 35.5. The summed E-state index contributed by atoms with van der Waals surface area (Å²) in [6, 6.07) is 6.72. The standard InChI is InChI=1S/C9H9Cl2F/c10-6-5-9(12)7-1-3-8(11)4-2-7/h1-4,9H,5-6H2. The largest absolute Gasteiger partial charge is 0.242 e. The summed E-state index contributed by atoms with van der Waals surface area (Å²) in [7, 11) is 0. The molecule has 0 aliphatic rings. The van der Waals surface area contributed by atoms with Gasteiger partial charge in [-0.2, -0.15) is 0 Å². The van der Waals surface area contributed by atoms with E-state index in [4.69, 9.17) is 23.2 Å². The first kappa shape index (κ1) is 9.82. The van der Waals surface area contributed by atoms with Crippen molar-refractivity contribution >= 4 is 23.2 Å². The van der Waals surface area contributed by atoms with Crippen molar-refractivity contribution in [1.82, 2.24) is 0 Å². The van der Waals surface area contributed by atoms with Gasteiger partial charge in [0, 0.05) is 10.9 Å². The van der Waals surface area contributed by atoms with Gasteiger partial charge in [-0.05, 0) is 24.1 Å². The van der Waals surface area contributed by atoms with E-state index in [1.54, 1.807) is 24.3 Å². The van der Waals surface area contributed by atoms with Gasteiger partial charge in [0.25, 0.3) is 0 Å². The summed E-state index contributed by atoms with van der Waals surface area (Å²) in [6.45, 7) is 0. The minimum Gasteiger partial charge on any atom is -0.242 e. The van der Waals surface area contributed by atoms with Gasteiger partial charge < -0.3 is 0 Å². The number of hydrogen-bond acceptors (Lipinski definition) is 0. The van der Waals surface area contributed by atoms with Crippen LogP contribution in [0.15, 0.2) is 24.3 Å². The molecule has 0 saturated carbocycles. The number of rotatable bonds is 3. The van der Waals surface area contributed by atoms with Gasteiger partial charge in [0.1, 0.15) is 6.17 Å². The first-order valence-electron chi connectivity index (χ1n) is 3.69. The van der Waals surface area contributed by atoms with Gasteiger partial charge in [0.15, 0.2) is 0 Å². The molecule has 0 saturated heterocycles. The van der Waals surface area contributed by atoms with Crippen LogP contribution in [-0.4, -0.2) is 5.88 Å². The van der Waals surface area contributed by atoms with E-state index in [1.807, 2.05) is 0 Å². The van der Waals surface area contributed by atoms with Crippen molar-refractivity contribution in [1.29, 1.82) is 0 Å². The molecule has 1 rings (SSSR count). The van der Waals surface area contributed by atoms with Gasteiger partial charge in [-0.3, -0.25) is 0 Å². The molecule has 0 aliphatic heterocycles. The van der Waals surface area contributed by atoms with Crippen LogP contribution < -0.4 is 0 Å². The SMILES string of the molecule is FC(CCCl)c1ccc(Cl)cc1. The fraction of sp³-hybridized carbons (Fsp3) is 0.333. The van der Waals surface area contributed by atoms with Gasteiger partial charge >= 0.3 is 0 Å². The molecular weight excluding hydrogens is 198 g/mol. The Morgan fingerprint density at radius 1 is 1.25 bits per heavy atom. The highest BCUT2D eigenvalue weighted by Crippen LogP contribution is 2.22. The normalized spacial score (nSPS) is 12.9. The van der Waals surface area contributed by atoms with Crippen molar-refractivity contribution in [2.24, 2.45) is 0 Å². The summed E-state index contributed by atoms with van der Waals surface area (Å²) in [4.78, 5) is 0. The molecule has 0 N–H and O–H groups in total. The van der Waals surface area contributed by atoms with E-state index in [-0.39, 0.29) is 0 Å². The van der Waals surface area contributed by atoms with Gasteiger partial charge in [0.05, 0.1) is 0 Å². The predicted octanol–water partition coefficient (Wildman–Crippen LogP) is 3.98. The van der Waals surface area contributed by atoms with Gasteiger partial charge in [-0.15, -0.1) is 11.6 Å². The lowest BCUT2D eigenvalue weighted by Gasteiger charge is -2.05. The third-order valence-electron chi connectivity index (χ3n) is 1.59. The Bertz CT molecular complexity index is 233. The quantitative estimate of drug-likeness (QED) is 0.657. The average molecular weight is 207 g/mol. The number of halogens is 3. The molecule has 66 valence electrons. The van der Waals surface area contributed by atoms with Crippen LogP contribution in [0.5, 0.6) is 0 Å². The highest BCUT2D eigenvalue weighted by molar-refractivity contribution is 6.30. The highest BCUT2D eigenvalue weighted by Gasteiger charge is 2.07. The van der Waals surface area contributed by atoms with E-state index in [0.717, 1.165) is 0 Å². The molecule has 0 heterocycles. The van der Waals surface area contributed by atoms with Crippen molar-refractivity contribution in [3.05, 3.63) is 34.9 Å². The Labute approximate surface area is 81.3 Å². The Morgan fingerprint density at radius 2 is 1.83 bits per heavy atom. The maximum Gasteiger partial charge on any atom is 0.126 e. The molecule has 0 bridgehead atoms. The Hall–Kier alpha value is -0.270. The van der Waals surface area contributed by atoms with Crippen LogP contribution >= 0.6 is 23.2 Å². The Morgan fingerprint density at radius 3 is 2.33 bits per heavy atom. The van der Waals surface area contributed by atoms with Crippen LogP contribution in [0.4, 0.5) is 4.39 Å². The van der Waals surface area contributed by atoms with Crippen molar-refractivity contribution in [3.63, 3.8) is 0 Å². The summed E-state index contributed by atoms with van der Waals surface area (Å²) in [5.41, 5.74) is 0.639. The van der Waals surface area contributed by atoms with Gasteiger partial charge in [0.2, 0.25) is 0 Å². The fourth-order valence-corrected chi connectivity index (χ4v) is 1.25. The van der Waals surface area contributed by atoms with E-state index < -0.39 is 6.17 Å². The summed E-state index contributed by atoms with van der Waals surface area (Å²) in [6.07, 6.45) is -0.622. The molecule has 3 heteroatoms. The zero-order valence-corrected chi connectivity index (χ0v) is 7.95. The molecular formula is C9H9Cl2F. The molecule has 12 heavy (non-hydrogen) atoms. The average Bonchev–Trinajstić information content (AvgIpc) is 2.06. The van der Waals surface area contributed by atoms with Crippen LogP contribution in [0.3, 0.4) is 0 Å². The minimum absolute atomic E-state index is 0.337. The third kappa shape index (κ3) is 2.65. The first-order valence-corrected chi connectivity index (χ1v) is 4.61. The van der Waals surface area contributed by atoms with E-state index in [1.165, 1.54) is 0 Å². The summed E-state index contributed by atoms with van der Waals surface area (Å²) < 4.78 is 13.1. The first-order chi connectivity index (χ1) is 5.74. The lowest BCUT2D eigenvalue weighted by molar-refractivity contribution is 0.336. The molecule has 0 amide bonds. The van der Waals surface area contributed by atoms with Crippen molar-refractivity contribution in [3.8, 4) is 0 Å². The Balaban J connectivity index is 2.68. The third-order valence-corrected chi connectivity index (χ3v) is 2.06. The number of hydrogen-bond donors (Lipinski definition) is 0. The monoisotopic (exact) mass is 206 g/mol. The maximum atomic E-state index is 13.1. The second-order valence-corrected chi connectivity index (χ2v) is 3.31. The lowest BCUT2D eigenvalue weighted by atomic mass is 10.1. The van der Waals surface area contributed by atoms with E-state index in [9.17, 15) is 4.39 Å². The minimum atomic E-state index is -0.972. The number of benzene rings is 1. The lowest BCUT2D eigenvalue weighted by Crippen LogP contribution is -1.91. The molecule has 0 aromatic heterocycles. The zero-order valence-electron chi connectivity index (χ0n) is 6.43. The smallest absolute Gasteiger partial charge is 0.126 e. The Kier molecular flexibility index (Phi) is 3.83. The fourth-order valence-electron chi connectivity index (χ4n) is 0.934. The predicted molar refractivity (Wildman–Crippen MR) is 50.6 cm³/mol. The molecule has 0 fully saturated rings. The summed E-state index contributed by atoms with van der Waals surface area (Å²) in [5, 5.41) is 0.622. The topological polar surface area (TPSA) is 0 Å². The van der Waals surface area contributed by atoms with Crippen molar-refractivity contribution < 1.29 is 4.39 Å². The van der Waals surface area contributed by atoms with Crippen molar-refractivity contribution in [2.45, 2.75) is 12.6 Å². The summed E-state index contributed by atoms with van der Waals surface area (Å²) >= 11 is 11.1. The van der Waals surface area contributed by atoms with E-state index >= 15 is 0 Å². The van der Waals surface area contributed by atoms with Crippen LogP contribution in [0, 0.1) is 0 Å². The second-order valence-electron chi connectivity index (χ2n) is 2.50.